The SMILES string of the molecule is Cc1cc2c(cc1N(C)C(=O)C=O)OCO2. The van der Waals surface area contributed by atoms with Crippen LogP contribution in [0.1, 0.15) is 5.56 Å². The molecule has 1 aromatic rings. The summed E-state index contributed by atoms with van der Waals surface area (Å²) >= 11 is 0. The van der Waals surface area contributed by atoms with Gasteiger partial charge in [-0.15, -0.1) is 0 Å². The highest BCUT2D eigenvalue weighted by Crippen LogP contribution is 2.37. The van der Waals surface area contributed by atoms with E-state index in [1.54, 1.807) is 19.2 Å². The molecule has 5 nitrogen and oxygen atoms in total. The topological polar surface area (TPSA) is 55.8 Å². The molecule has 0 saturated carbocycles. The number of amides is 1. The van der Waals surface area contributed by atoms with Gasteiger partial charge in [-0.1, -0.05) is 0 Å². The number of hydrogen-bond donors (Lipinski definition) is 0. The number of ether oxygens (including phenoxy) is 2. The van der Waals surface area contributed by atoms with E-state index in [-0.39, 0.29) is 13.1 Å². The van der Waals surface area contributed by atoms with E-state index in [1.165, 1.54) is 4.90 Å². The van der Waals surface area contributed by atoms with E-state index >= 15 is 0 Å². The number of aldehydes is 1. The van der Waals surface area contributed by atoms with Gasteiger partial charge in [0, 0.05) is 13.1 Å². The highest BCUT2D eigenvalue weighted by molar-refractivity contribution is 6.30. The van der Waals surface area contributed by atoms with Crippen LogP contribution < -0.4 is 14.4 Å². The van der Waals surface area contributed by atoms with Gasteiger partial charge in [0.25, 0.3) is 5.91 Å². The Balaban J connectivity index is 2.41. The van der Waals surface area contributed by atoms with Crippen molar-refractivity contribution in [1.29, 1.82) is 0 Å². The largest absolute Gasteiger partial charge is 0.454 e. The third-order valence-corrected chi connectivity index (χ3v) is 2.48. The molecule has 0 unspecified atom stereocenters. The zero-order valence-corrected chi connectivity index (χ0v) is 9.02. The van der Waals surface area contributed by atoms with Crippen molar-refractivity contribution in [1.82, 2.24) is 0 Å². The smallest absolute Gasteiger partial charge is 0.290 e. The van der Waals surface area contributed by atoms with Crippen LogP contribution in [0, 0.1) is 6.92 Å². The van der Waals surface area contributed by atoms with Crippen LogP contribution >= 0.6 is 0 Å². The van der Waals surface area contributed by atoms with Gasteiger partial charge in [-0.25, -0.2) is 0 Å². The minimum atomic E-state index is -0.595. The first-order valence-corrected chi connectivity index (χ1v) is 4.76. The van der Waals surface area contributed by atoms with Crippen LogP contribution in [0.4, 0.5) is 5.69 Å². The Bertz CT molecular complexity index is 456. The highest BCUT2D eigenvalue weighted by Gasteiger charge is 2.19. The van der Waals surface area contributed by atoms with Gasteiger partial charge in [0.05, 0.1) is 5.69 Å². The molecule has 0 spiro atoms. The predicted molar refractivity (Wildman–Crippen MR) is 56.8 cm³/mol. The Morgan fingerprint density at radius 2 is 2.00 bits per heavy atom. The average Bonchev–Trinajstić information content (AvgIpc) is 2.72. The fourth-order valence-electron chi connectivity index (χ4n) is 1.59. The minimum absolute atomic E-state index is 0.184. The molecule has 1 heterocycles. The summed E-state index contributed by atoms with van der Waals surface area (Å²) in [7, 11) is 1.54. The number of fused-ring (bicyclic) bond motifs is 1. The Labute approximate surface area is 92.6 Å². The Kier molecular flexibility index (Phi) is 2.52. The molecule has 1 aliphatic rings. The molecule has 0 aromatic heterocycles. The molecule has 1 aromatic carbocycles. The second-order valence-electron chi connectivity index (χ2n) is 3.51. The van der Waals surface area contributed by atoms with Gasteiger partial charge in [-0.2, -0.15) is 0 Å². The standard InChI is InChI=1S/C11H11NO4/c1-7-3-9-10(16-6-15-9)4-8(7)12(2)11(14)5-13/h3-5H,6H2,1-2H3. The van der Waals surface area contributed by atoms with E-state index in [9.17, 15) is 9.59 Å². The van der Waals surface area contributed by atoms with Crippen LogP contribution in [0.2, 0.25) is 0 Å². The molecule has 1 aliphatic heterocycles. The number of hydrogen-bond acceptors (Lipinski definition) is 4. The van der Waals surface area contributed by atoms with E-state index in [4.69, 9.17) is 9.47 Å². The van der Waals surface area contributed by atoms with Crippen molar-refractivity contribution >= 4 is 17.9 Å². The minimum Gasteiger partial charge on any atom is -0.454 e. The summed E-state index contributed by atoms with van der Waals surface area (Å²) in [5.74, 6) is 0.654. The first kappa shape index (κ1) is 10.5. The maximum absolute atomic E-state index is 11.3. The molecule has 5 heteroatoms. The van der Waals surface area contributed by atoms with Gasteiger partial charge in [-0.3, -0.25) is 9.59 Å². The summed E-state index contributed by atoms with van der Waals surface area (Å²) in [6.07, 6.45) is 0.282. The highest BCUT2D eigenvalue weighted by atomic mass is 16.7. The normalized spacial score (nSPS) is 12.4. The van der Waals surface area contributed by atoms with E-state index in [0.717, 1.165) is 5.56 Å². The molecular weight excluding hydrogens is 210 g/mol. The number of carbonyl (C=O) groups is 2. The number of carbonyl (C=O) groups excluding carboxylic acids is 2. The molecule has 0 atom stereocenters. The molecule has 2 rings (SSSR count). The van der Waals surface area contributed by atoms with E-state index in [2.05, 4.69) is 0 Å². The van der Waals surface area contributed by atoms with Crippen molar-refractivity contribution < 1.29 is 19.1 Å². The second kappa shape index (κ2) is 3.84. The molecule has 0 bridgehead atoms. The maximum atomic E-state index is 11.3. The lowest BCUT2D eigenvalue weighted by molar-refractivity contribution is -0.129. The second-order valence-corrected chi connectivity index (χ2v) is 3.51. The molecule has 0 aliphatic carbocycles. The monoisotopic (exact) mass is 221 g/mol. The molecule has 1 amide bonds. The Morgan fingerprint density at radius 3 is 2.62 bits per heavy atom. The zero-order chi connectivity index (χ0) is 11.7. The lowest BCUT2D eigenvalue weighted by atomic mass is 10.1. The summed E-state index contributed by atoms with van der Waals surface area (Å²) < 4.78 is 10.4. The lowest BCUT2D eigenvalue weighted by Crippen LogP contribution is -2.27. The number of aryl methyl sites for hydroxylation is 1. The van der Waals surface area contributed by atoms with Crippen molar-refractivity contribution in [3.63, 3.8) is 0 Å². The van der Waals surface area contributed by atoms with Crippen molar-refractivity contribution in [3.05, 3.63) is 17.7 Å². The quantitative estimate of drug-likeness (QED) is 0.549. The number of likely N-dealkylation sites (N-methyl/N-ethyl adjacent to an activating group) is 1. The summed E-state index contributed by atoms with van der Waals surface area (Å²) in [4.78, 5) is 22.9. The Morgan fingerprint density at radius 1 is 1.38 bits per heavy atom. The summed E-state index contributed by atoms with van der Waals surface area (Å²) in [5.41, 5.74) is 1.49. The van der Waals surface area contributed by atoms with Crippen LogP contribution in [0.3, 0.4) is 0 Å². The number of benzene rings is 1. The van der Waals surface area contributed by atoms with Gasteiger partial charge < -0.3 is 14.4 Å². The van der Waals surface area contributed by atoms with Crippen molar-refractivity contribution in [2.24, 2.45) is 0 Å². The molecule has 84 valence electrons. The molecule has 16 heavy (non-hydrogen) atoms. The number of rotatable bonds is 2. The Hall–Kier alpha value is -2.04. The first-order valence-electron chi connectivity index (χ1n) is 4.76. The van der Waals surface area contributed by atoms with Crippen LogP contribution in [0.5, 0.6) is 11.5 Å². The first-order chi connectivity index (χ1) is 7.63. The summed E-state index contributed by atoms with van der Waals surface area (Å²) in [6, 6.07) is 3.48. The number of nitrogens with zero attached hydrogens (tertiary/aromatic N) is 1. The van der Waals surface area contributed by atoms with Crippen LogP contribution in [0.25, 0.3) is 0 Å². The lowest BCUT2D eigenvalue weighted by Gasteiger charge is -2.17. The van der Waals surface area contributed by atoms with E-state index in [1.807, 2.05) is 6.92 Å². The summed E-state index contributed by atoms with van der Waals surface area (Å²) in [5, 5.41) is 0. The fraction of sp³-hybridized carbons (Fsp3) is 0.273. The van der Waals surface area contributed by atoms with Crippen molar-refractivity contribution in [3.8, 4) is 11.5 Å². The fourth-order valence-corrected chi connectivity index (χ4v) is 1.59. The third kappa shape index (κ3) is 1.60. The van der Waals surface area contributed by atoms with Crippen molar-refractivity contribution in [2.75, 3.05) is 18.7 Å². The number of anilines is 1. The maximum Gasteiger partial charge on any atom is 0.290 e. The molecule has 0 N–H and O–H groups in total. The van der Waals surface area contributed by atoms with E-state index in [0.29, 0.717) is 17.2 Å². The molecular formula is C11H11NO4. The van der Waals surface area contributed by atoms with Gasteiger partial charge in [0.15, 0.2) is 11.5 Å². The van der Waals surface area contributed by atoms with Crippen molar-refractivity contribution in [2.45, 2.75) is 6.92 Å². The van der Waals surface area contributed by atoms with Gasteiger partial charge in [0.1, 0.15) is 0 Å². The van der Waals surface area contributed by atoms with Crippen LogP contribution in [0.15, 0.2) is 12.1 Å². The molecule has 0 radical (unpaired) electrons. The average molecular weight is 221 g/mol. The van der Waals surface area contributed by atoms with Gasteiger partial charge >= 0.3 is 0 Å². The molecule has 0 saturated heterocycles. The van der Waals surface area contributed by atoms with Crippen LogP contribution in [-0.2, 0) is 9.59 Å². The van der Waals surface area contributed by atoms with Crippen LogP contribution in [-0.4, -0.2) is 26.0 Å². The van der Waals surface area contributed by atoms with Gasteiger partial charge in [-0.05, 0) is 18.6 Å². The van der Waals surface area contributed by atoms with E-state index < -0.39 is 5.91 Å². The van der Waals surface area contributed by atoms with Gasteiger partial charge in [0.2, 0.25) is 13.1 Å². The zero-order valence-electron chi connectivity index (χ0n) is 9.02. The predicted octanol–water partition coefficient (Wildman–Crippen LogP) is 0.885. The molecule has 0 fully saturated rings. The third-order valence-electron chi connectivity index (χ3n) is 2.48. The summed E-state index contributed by atoms with van der Waals surface area (Å²) in [6.45, 7) is 2.02.